The average molecular weight is 662 g/mol. The minimum atomic E-state index is -0.666. The topological polar surface area (TPSA) is 88.2 Å². The third-order valence-corrected chi connectivity index (χ3v) is 9.73. The second kappa shape index (κ2) is 18.3. The number of carbonyl (C=O) groups is 3. The van der Waals surface area contributed by atoms with Crippen molar-refractivity contribution < 1.29 is 23.9 Å². The monoisotopic (exact) mass is 661 g/mol. The second-order valence-electron chi connectivity index (χ2n) is 14.7. The lowest BCUT2D eigenvalue weighted by molar-refractivity contribution is -0.125. The van der Waals surface area contributed by atoms with E-state index in [4.69, 9.17) is 9.47 Å². The van der Waals surface area contributed by atoms with Crippen LogP contribution in [0.5, 0.6) is 0 Å². The van der Waals surface area contributed by atoms with Crippen LogP contribution < -0.4 is 5.32 Å². The fourth-order valence-corrected chi connectivity index (χ4v) is 7.05. The zero-order valence-corrected chi connectivity index (χ0v) is 30.1. The molecule has 0 radical (unpaired) electrons. The summed E-state index contributed by atoms with van der Waals surface area (Å²) in [5, 5.41) is 3.09. The molecule has 2 aromatic rings. The number of rotatable bonds is 17. The Balaban J connectivity index is 1.28. The van der Waals surface area contributed by atoms with E-state index in [1.54, 1.807) is 7.05 Å². The highest BCUT2D eigenvalue weighted by atomic mass is 16.6. The lowest BCUT2D eigenvalue weighted by Crippen LogP contribution is -2.47. The number of hydrogen-bond acceptors (Lipinski definition) is 5. The van der Waals surface area contributed by atoms with E-state index in [0.29, 0.717) is 6.54 Å². The number of likely N-dealkylation sites (tertiary alicyclic amines) is 1. The van der Waals surface area contributed by atoms with Crippen molar-refractivity contribution in [2.75, 3.05) is 33.3 Å². The lowest BCUT2D eigenvalue weighted by Gasteiger charge is -2.28. The molecule has 1 fully saturated rings. The molecule has 0 spiro atoms. The highest BCUT2D eigenvalue weighted by Crippen LogP contribution is 2.44. The number of fused-ring (bicyclic) bond motifs is 3. The van der Waals surface area contributed by atoms with Crippen LogP contribution in [0, 0.1) is 5.92 Å². The van der Waals surface area contributed by atoms with Crippen LogP contribution in [0.1, 0.15) is 122 Å². The van der Waals surface area contributed by atoms with E-state index < -0.39 is 29.7 Å². The summed E-state index contributed by atoms with van der Waals surface area (Å²) < 4.78 is 11.5. The van der Waals surface area contributed by atoms with Crippen molar-refractivity contribution in [2.45, 2.75) is 122 Å². The Hall–Kier alpha value is -3.55. The number of likely N-dealkylation sites (N-methyl/N-ethyl adjacent to an activating group) is 1. The molecule has 4 rings (SSSR count). The molecule has 8 heteroatoms. The number of hydrogen-bond donors (Lipinski definition) is 1. The van der Waals surface area contributed by atoms with Crippen LogP contribution >= 0.6 is 0 Å². The molecule has 264 valence electrons. The first-order chi connectivity index (χ1) is 23.1. The quantitative estimate of drug-likeness (QED) is 0.171. The van der Waals surface area contributed by atoms with Gasteiger partial charge in [-0.25, -0.2) is 9.59 Å². The predicted molar refractivity (Wildman–Crippen MR) is 192 cm³/mol. The van der Waals surface area contributed by atoms with Crippen LogP contribution in [0.25, 0.3) is 11.1 Å². The summed E-state index contributed by atoms with van der Waals surface area (Å²) in [6, 6.07) is 15.9. The number of nitrogens with zero attached hydrogens (tertiary/aromatic N) is 2. The molecule has 0 unspecified atom stereocenters. The fraction of sp³-hybridized carbons (Fsp3) is 0.625. The van der Waals surface area contributed by atoms with E-state index in [2.05, 4.69) is 36.5 Å². The molecule has 1 saturated heterocycles. The maximum absolute atomic E-state index is 13.5. The Kier molecular flexibility index (Phi) is 14.2. The van der Waals surface area contributed by atoms with Gasteiger partial charge in [0, 0.05) is 32.6 Å². The molecule has 48 heavy (non-hydrogen) atoms. The third-order valence-electron chi connectivity index (χ3n) is 9.73. The number of nitrogens with one attached hydrogen (secondary N) is 1. The summed E-state index contributed by atoms with van der Waals surface area (Å²) in [6.45, 7) is 8.87. The van der Waals surface area contributed by atoms with Gasteiger partial charge in [-0.3, -0.25) is 4.79 Å². The summed E-state index contributed by atoms with van der Waals surface area (Å²) in [6.07, 6.45) is 14.1. The maximum atomic E-state index is 13.5. The summed E-state index contributed by atoms with van der Waals surface area (Å²) in [4.78, 5) is 43.1. The number of carbonyl (C=O) groups excluding carboxylic acids is 3. The van der Waals surface area contributed by atoms with E-state index in [1.165, 1.54) is 74.0 Å². The average Bonchev–Trinajstić information content (AvgIpc) is 3.65. The van der Waals surface area contributed by atoms with Crippen LogP contribution in [0.4, 0.5) is 9.59 Å². The summed E-state index contributed by atoms with van der Waals surface area (Å²) in [7, 11) is 1.66. The van der Waals surface area contributed by atoms with Crippen molar-refractivity contribution in [3.8, 4) is 11.1 Å². The lowest BCUT2D eigenvalue weighted by atomic mass is 9.98. The van der Waals surface area contributed by atoms with Crippen molar-refractivity contribution in [3.63, 3.8) is 0 Å². The molecule has 8 nitrogen and oxygen atoms in total. The summed E-state index contributed by atoms with van der Waals surface area (Å²) in [5.74, 6) is -0.793. The van der Waals surface area contributed by atoms with Crippen LogP contribution in [0.2, 0.25) is 0 Å². The smallest absolute Gasteiger partial charge is 0.410 e. The van der Waals surface area contributed by atoms with Crippen LogP contribution in [0.15, 0.2) is 48.5 Å². The minimum Gasteiger partial charge on any atom is -0.448 e. The van der Waals surface area contributed by atoms with E-state index in [-0.39, 0.29) is 31.5 Å². The molecule has 0 aromatic heterocycles. The highest BCUT2D eigenvalue weighted by molar-refractivity contribution is 5.83. The third kappa shape index (κ3) is 10.5. The van der Waals surface area contributed by atoms with Crippen molar-refractivity contribution in [2.24, 2.45) is 5.92 Å². The van der Waals surface area contributed by atoms with Gasteiger partial charge in [0.15, 0.2) is 0 Å². The van der Waals surface area contributed by atoms with Gasteiger partial charge in [0.2, 0.25) is 5.91 Å². The normalized spacial score (nSPS) is 17.1. The maximum Gasteiger partial charge on any atom is 0.410 e. The second-order valence-corrected chi connectivity index (χ2v) is 14.7. The molecule has 2 aromatic carbocycles. The molecule has 2 aliphatic rings. The highest BCUT2D eigenvalue weighted by Gasteiger charge is 2.44. The molecular formula is C40H59N3O5. The zero-order valence-electron chi connectivity index (χ0n) is 30.1. The van der Waals surface area contributed by atoms with Gasteiger partial charge >= 0.3 is 12.2 Å². The Morgan fingerprint density at radius 2 is 1.31 bits per heavy atom. The van der Waals surface area contributed by atoms with Crippen molar-refractivity contribution >= 4 is 18.1 Å². The summed E-state index contributed by atoms with van der Waals surface area (Å²) in [5.41, 5.74) is 3.94. The number of unbranched alkanes of at least 4 members (excludes halogenated alkanes) is 11. The van der Waals surface area contributed by atoms with Gasteiger partial charge < -0.3 is 24.6 Å². The van der Waals surface area contributed by atoms with E-state index in [1.807, 2.05) is 45.0 Å². The summed E-state index contributed by atoms with van der Waals surface area (Å²) >= 11 is 0. The van der Waals surface area contributed by atoms with E-state index in [0.717, 1.165) is 35.1 Å². The Morgan fingerprint density at radius 1 is 0.792 bits per heavy atom. The minimum absolute atomic E-state index is 0.0637. The van der Waals surface area contributed by atoms with E-state index in [9.17, 15) is 14.4 Å². The van der Waals surface area contributed by atoms with E-state index >= 15 is 0 Å². The molecule has 0 saturated carbocycles. The van der Waals surface area contributed by atoms with Gasteiger partial charge in [-0.15, -0.1) is 0 Å². The Morgan fingerprint density at radius 3 is 1.85 bits per heavy atom. The number of benzene rings is 2. The first-order valence-electron chi connectivity index (χ1n) is 18.4. The molecular weight excluding hydrogens is 602 g/mol. The molecule has 3 amide bonds. The van der Waals surface area contributed by atoms with Gasteiger partial charge in [-0.1, -0.05) is 126 Å². The molecule has 0 bridgehead atoms. The Labute approximate surface area is 288 Å². The fourth-order valence-electron chi connectivity index (χ4n) is 7.05. The number of amides is 3. The molecule has 1 heterocycles. The largest absolute Gasteiger partial charge is 0.448 e. The van der Waals surface area contributed by atoms with Gasteiger partial charge in [0.05, 0.1) is 12.0 Å². The van der Waals surface area contributed by atoms with Crippen molar-refractivity contribution in [1.82, 2.24) is 15.1 Å². The molecule has 1 aliphatic heterocycles. The van der Waals surface area contributed by atoms with Crippen LogP contribution in [0.3, 0.4) is 0 Å². The van der Waals surface area contributed by atoms with Crippen molar-refractivity contribution in [1.29, 1.82) is 0 Å². The van der Waals surface area contributed by atoms with Gasteiger partial charge in [0.25, 0.3) is 0 Å². The number of ether oxygens (including phenoxy) is 2. The predicted octanol–water partition coefficient (Wildman–Crippen LogP) is 8.92. The van der Waals surface area contributed by atoms with Crippen molar-refractivity contribution in [3.05, 3.63) is 59.7 Å². The SMILES string of the molecule is CCCCCCCCCCCCCCNC(=O)[C@@H]1CN(C(=O)OC(C)(C)C)C[C@H]1N(C)C(=O)OCC1c2ccccc2-c2ccccc21. The van der Waals surface area contributed by atoms with Crippen LogP contribution in [-0.4, -0.2) is 72.8 Å². The van der Waals surface area contributed by atoms with Gasteiger partial charge in [0.1, 0.15) is 12.2 Å². The molecule has 1 aliphatic carbocycles. The molecule has 1 N–H and O–H groups in total. The molecule has 2 atom stereocenters. The first kappa shape index (κ1) is 37.3. The van der Waals surface area contributed by atoms with Gasteiger partial charge in [-0.05, 0) is 49.4 Å². The first-order valence-corrected chi connectivity index (χ1v) is 18.4. The standard InChI is InChI=1S/C40H59N3O5/c1-6-7-8-9-10-11-12-13-14-15-16-21-26-41-37(44)34-27-43(39(46)48-40(2,3)4)28-36(34)42(5)38(45)47-29-35-32-24-19-17-22-30(32)31-23-18-20-25-33(31)35/h17-20,22-25,34-36H,6-16,21,26-29H2,1-5H3,(H,41,44)/t34-,36-/m1/s1. The zero-order chi connectivity index (χ0) is 34.5. The van der Waals surface area contributed by atoms with Gasteiger partial charge in [-0.2, -0.15) is 0 Å². The Bertz CT molecular complexity index is 1290. The van der Waals surface area contributed by atoms with Crippen LogP contribution in [-0.2, 0) is 14.3 Å².